The van der Waals surface area contributed by atoms with Crippen LogP contribution >= 0.6 is 23.1 Å². The van der Waals surface area contributed by atoms with Gasteiger partial charge in [0.2, 0.25) is 5.91 Å². The molecule has 0 aromatic carbocycles. The van der Waals surface area contributed by atoms with Crippen molar-refractivity contribution in [2.45, 2.75) is 57.5 Å². The van der Waals surface area contributed by atoms with Crippen molar-refractivity contribution in [1.29, 1.82) is 5.26 Å². The van der Waals surface area contributed by atoms with E-state index in [2.05, 4.69) is 0 Å². The number of fused-ring (bicyclic) bond motifs is 1. The fourth-order valence-electron chi connectivity index (χ4n) is 2.67. The Morgan fingerprint density at radius 2 is 2.04 bits per heavy atom. The third kappa shape index (κ3) is 3.94. The average Bonchev–Trinajstić information content (AvgIpc) is 2.85. The van der Waals surface area contributed by atoms with E-state index in [4.69, 9.17) is 10.2 Å². The van der Waals surface area contributed by atoms with Gasteiger partial charge in [0.25, 0.3) is 5.56 Å². The van der Waals surface area contributed by atoms with Gasteiger partial charge in [0.1, 0.15) is 4.83 Å². The molecule has 2 heterocycles. The van der Waals surface area contributed by atoms with Crippen molar-refractivity contribution < 1.29 is 4.79 Å². The van der Waals surface area contributed by atoms with E-state index in [-0.39, 0.29) is 17.5 Å². The summed E-state index contributed by atoms with van der Waals surface area (Å²) in [6, 6.07) is 1.99. The molecule has 0 fully saturated rings. The fraction of sp³-hybridized carbons (Fsp3) is 0.556. The molecule has 1 amide bonds. The second-order valence-electron chi connectivity index (χ2n) is 6.55. The minimum absolute atomic E-state index is 0.0492. The molecule has 6 nitrogen and oxygen atoms in total. The quantitative estimate of drug-likeness (QED) is 0.555. The molecule has 0 radical (unpaired) electrons. The molecule has 0 saturated carbocycles. The number of carbonyl (C=O) groups excluding carboxylic acids is 1. The van der Waals surface area contributed by atoms with Gasteiger partial charge >= 0.3 is 0 Å². The van der Waals surface area contributed by atoms with Crippen LogP contribution in [0.15, 0.2) is 9.95 Å². The van der Waals surface area contributed by atoms with Crippen LogP contribution in [0, 0.1) is 25.2 Å². The van der Waals surface area contributed by atoms with Gasteiger partial charge in [0, 0.05) is 24.5 Å². The zero-order chi connectivity index (χ0) is 19.6. The van der Waals surface area contributed by atoms with Crippen molar-refractivity contribution in [3.63, 3.8) is 0 Å². The Morgan fingerprint density at radius 1 is 1.38 bits per heavy atom. The highest BCUT2D eigenvalue weighted by Gasteiger charge is 2.24. The van der Waals surface area contributed by atoms with Gasteiger partial charge in [-0.25, -0.2) is 4.98 Å². The summed E-state index contributed by atoms with van der Waals surface area (Å²) in [6.07, 6.45) is 0.300. The molecule has 1 atom stereocenters. The molecule has 0 N–H and O–H groups in total. The Kier molecular flexibility index (Phi) is 6.48. The summed E-state index contributed by atoms with van der Waals surface area (Å²) in [5, 5.41) is 9.53. The van der Waals surface area contributed by atoms with Gasteiger partial charge in [-0.1, -0.05) is 11.8 Å². The highest BCUT2D eigenvalue weighted by atomic mass is 32.2. The number of aromatic nitrogens is 2. The molecule has 2 rings (SSSR count). The monoisotopic (exact) mass is 392 g/mol. The molecule has 0 unspecified atom stereocenters. The third-order valence-electron chi connectivity index (χ3n) is 4.28. The van der Waals surface area contributed by atoms with Gasteiger partial charge < -0.3 is 4.90 Å². The predicted molar refractivity (Wildman–Crippen MR) is 107 cm³/mol. The number of amides is 1. The average molecular weight is 393 g/mol. The van der Waals surface area contributed by atoms with E-state index in [9.17, 15) is 9.59 Å². The number of carbonyl (C=O) groups is 1. The van der Waals surface area contributed by atoms with E-state index in [1.54, 1.807) is 16.5 Å². The molecule has 0 bridgehead atoms. The number of rotatable bonds is 6. The molecule has 26 heavy (non-hydrogen) atoms. The maximum absolute atomic E-state index is 13.0. The number of thioether (sulfide) groups is 1. The minimum atomic E-state index is -0.393. The Balaban J connectivity index is 2.43. The summed E-state index contributed by atoms with van der Waals surface area (Å²) in [4.78, 5) is 33.6. The molecule has 8 heteroatoms. The summed E-state index contributed by atoms with van der Waals surface area (Å²) in [5.74, 6) is -0.0755. The SMILES string of the molecule is Cc1sc2nc(S[C@H](C)C(=O)N(C)CCC#N)n(C(C)C)c(=O)c2c1C. The largest absolute Gasteiger partial charge is 0.344 e. The summed E-state index contributed by atoms with van der Waals surface area (Å²) in [7, 11) is 1.69. The van der Waals surface area contributed by atoms with Crippen molar-refractivity contribution in [1.82, 2.24) is 14.5 Å². The molecule has 0 aliphatic heterocycles. The maximum Gasteiger partial charge on any atom is 0.263 e. The molecule has 140 valence electrons. The molecule has 2 aromatic heterocycles. The highest BCUT2D eigenvalue weighted by Crippen LogP contribution is 2.31. The van der Waals surface area contributed by atoms with Gasteiger partial charge in [-0.05, 0) is 40.2 Å². The van der Waals surface area contributed by atoms with Gasteiger partial charge in [0.05, 0.1) is 23.1 Å². The van der Waals surface area contributed by atoms with E-state index in [1.807, 2.05) is 40.7 Å². The first-order chi connectivity index (χ1) is 12.2. The van der Waals surface area contributed by atoms with Crippen molar-refractivity contribution in [3.8, 4) is 6.07 Å². The van der Waals surface area contributed by atoms with Crippen molar-refractivity contribution in [3.05, 3.63) is 20.8 Å². The van der Waals surface area contributed by atoms with E-state index >= 15 is 0 Å². The summed E-state index contributed by atoms with van der Waals surface area (Å²) >= 11 is 2.81. The van der Waals surface area contributed by atoms with E-state index in [0.29, 0.717) is 23.5 Å². The molecular formula is C18H24N4O2S2. The normalized spacial score (nSPS) is 12.4. The number of hydrogen-bond donors (Lipinski definition) is 0. The minimum Gasteiger partial charge on any atom is -0.344 e. The van der Waals surface area contributed by atoms with Crippen molar-refractivity contribution in [2.24, 2.45) is 0 Å². The standard InChI is InChI=1S/C18H24N4O2S2/c1-10(2)22-17(24)14-11(3)12(4)25-15(14)20-18(22)26-13(5)16(23)21(6)9-7-8-19/h10,13H,7,9H2,1-6H3/t13-/m1/s1. The highest BCUT2D eigenvalue weighted by molar-refractivity contribution is 8.00. The lowest BCUT2D eigenvalue weighted by atomic mass is 10.2. The van der Waals surface area contributed by atoms with Gasteiger partial charge in [-0.2, -0.15) is 5.26 Å². The molecule has 0 aliphatic rings. The fourth-order valence-corrected chi connectivity index (χ4v) is 4.90. The maximum atomic E-state index is 13.0. The molecular weight excluding hydrogens is 368 g/mol. The first-order valence-corrected chi connectivity index (χ1v) is 10.2. The predicted octanol–water partition coefficient (Wildman–Crippen LogP) is 3.51. The summed E-state index contributed by atoms with van der Waals surface area (Å²) in [6.45, 7) is 10.0. The second kappa shape index (κ2) is 8.23. The second-order valence-corrected chi connectivity index (χ2v) is 9.07. The Labute approximate surface area is 161 Å². The van der Waals surface area contributed by atoms with Crippen LogP contribution in [-0.2, 0) is 4.79 Å². The van der Waals surface area contributed by atoms with Gasteiger partial charge in [0.15, 0.2) is 5.16 Å². The Bertz CT molecular complexity index is 924. The summed E-state index contributed by atoms with van der Waals surface area (Å²) in [5.41, 5.74) is 0.931. The zero-order valence-electron chi connectivity index (χ0n) is 16.0. The van der Waals surface area contributed by atoms with Crippen LogP contribution in [0.4, 0.5) is 0 Å². The third-order valence-corrected chi connectivity index (χ3v) is 6.44. The number of hydrogen-bond acceptors (Lipinski definition) is 6. The van der Waals surface area contributed by atoms with Gasteiger partial charge in [-0.3, -0.25) is 14.2 Å². The van der Waals surface area contributed by atoms with Crippen LogP contribution < -0.4 is 5.56 Å². The number of nitriles is 1. The zero-order valence-corrected chi connectivity index (χ0v) is 17.6. The number of nitrogens with zero attached hydrogens (tertiary/aromatic N) is 4. The van der Waals surface area contributed by atoms with Crippen LogP contribution in [0.3, 0.4) is 0 Å². The van der Waals surface area contributed by atoms with E-state index in [1.165, 1.54) is 23.1 Å². The smallest absolute Gasteiger partial charge is 0.263 e. The van der Waals surface area contributed by atoms with Crippen molar-refractivity contribution >= 4 is 39.2 Å². The van der Waals surface area contributed by atoms with Crippen molar-refractivity contribution in [2.75, 3.05) is 13.6 Å². The lowest BCUT2D eigenvalue weighted by Crippen LogP contribution is -2.34. The van der Waals surface area contributed by atoms with Crippen LogP contribution in [0.2, 0.25) is 0 Å². The lowest BCUT2D eigenvalue weighted by Gasteiger charge is -2.21. The Morgan fingerprint density at radius 3 is 2.62 bits per heavy atom. The first kappa shape index (κ1) is 20.5. The van der Waals surface area contributed by atoms with E-state index < -0.39 is 5.25 Å². The lowest BCUT2D eigenvalue weighted by molar-refractivity contribution is -0.128. The topological polar surface area (TPSA) is 79.0 Å². The molecule has 0 aliphatic carbocycles. The molecule has 2 aromatic rings. The van der Waals surface area contributed by atoms with Gasteiger partial charge in [-0.15, -0.1) is 11.3 Å². The van der Waals surface area contributed by atoms with Crippen LogP contribution in [0.5, 0.6) is 0 Å². The van der Waals surface area contributed by atoms with E-state index in [0.717, 1.165) is 15.3 Å². The first-order valence-electron chi connectivity index (χ1n) is 8.49. The van der Waals surface area contributed by atoms with Crippen LogP contribution in [0.25, 0.3) is 10.2 Å². The molecule has 0 saturated heterocycles. The van der Waals surface area contributed by atoms with Crippen LogP contribution in [0.1, 0.15) is 43.7 Å². The number of aryl methyl sites for hydroxylation is 2. The van der Waals surface area contributed by atoms with Crippen LogP contribution in [-0.4, -0.2) is 39.2 Å². The summed E-state index contributed by atoms with van der Waals surface area (Å²) < 4.78 is 1.67. The number of thiophene rings is 1. The Hall–Kier alpha value is -1.85. The molecule has 0 spiro atoms.